The summed E-state index contributed by atoms with van der Waals surface area (Å²) in [7, 11) is 0. The minimum atomic E-state index is -4.60. The number of halogens is 3. The van der Waals surface area contributed by atoms with Gasteiger partial charge in [-0.3, -0.25) is 0 Å². The molecule has 1 atom stereocenters. The van der Waals surface area contributed by atoms with E-state index >= 15 is 0 Å². The summed E-state index contributed by atoms with van der Waals surface area (Å²) in [6, 6.07) is 5.95. The van der Waals surface area contributed by atoms with Crippen molar-refractivity contribution in [3.63, 3.8) is 0 Å². The van der Waals surface area contributed by atoms with Gasteiger partial charge in [0.05, 0.1) is 0 Å². The lowest BCUT2D eigenvalue weighted by Gasteiger charge is -2.19. The predicted octanol–water partition coefficient (Wildman–Crippen LogP) is 2.88. The van der Waals surface area contributed by atoms with Crippen LogP contribution in [0.15, 0.2) is 24.3 Å². The number of nitrogens with zero attached hydrogens (tertiary/aromatic N) is 1. The number of aliphatic hydroxyl groups is 1. The highest BCUT2D eigenvalue weighted by Crippen LogP contribution is 2.33. The number of anilines is 1. The summed E-state index contributed by atoms with van der Waals surface area (Å²) < 4.78 is 36.8. The normalized spacial score (nSPS) is 18.5. The SMILES string of the molecule is OC(c1ccc(N2CCCC2)cc1)C(F)(F)F. The molecule has 0 aliphatic carbocycles. The summed E-state index contributed by atoms with van der Waals surface area (Å²) >= 11 is 0. The molecule has 1 N–H and O–H groups in total. The first-order chi connectivity index (χ1) is 7.98. The van der Waals surface area contributed by atoms with E-state index in [2.05, 4.69) is 4.90 Å². The maximum atomic E-state index is 12.3. The van der Waals surface area contributed by atoms with Gasteiger partial charge in [0.15, 0.2) is 6.10 Å². The maximum Gasteiger partial charge on any atom is 0.418 e. The first-order valence-corrected chi connectivity index (χ1v) is 5.58. The molecule has 0 saturated carbocycles. The average molecular weight is 245 g/mol. The van der Waals surface area contributed by atoms with E-state index in [0.717, 1.165) is 31.6 Å². The molecule has 1 unspecified atom stereocenters. The van der Waals surface area contributed by atoms with E-state index in [0.29, 0.717) is 0 Å². The lowest BCUT2D eigenvalue weighted by atomic mass is 10.1. The van der Waals surface area contributed by atoms with Gasteiger partial charge >= 0.3 is 6.18 Å². The Morgan fingerprint density at radius 3 is 2.06 bits per heavy atom. The van der Waals surface area contributed by atoms with Crippen molar-refractivity contribution in [2.45, 2.75) is 25.1 Å². The van der Waals surface area contributed by atoms with Gasteiger partial charge in [0.1, 0.15) is 0 Å². The molecule has 1 aliphatic rings. The molecule has 2 rings (SSSR count). The minimum absolute atomic E-state index is 0.111. The second kappa shape index (κ2) is 4.56. The number of rotatable bonds is 2. The number of alkyl halides is 3. The van der Waals surface area contributed by atoms with Crippen molar-refractivity contribution >= 4 is 5.69 Å². The number of hydrogen-bond donors (Lipinski definition) is 1. The monoisotopic (exact) mass is 245 g/mol. The van der Waals surface area contributed by atoms with Gasteiger partial charge in [0.25, 0.3) is 0 Å². The highest BCUT2D eigenvalue weighted by atomic mass is 19.4. The molecule has 1 aromatic rings. The van der Waals surface area contributed by atoms with Crippen LogP contribution in [0.4, 0.5) is 18.9 Å². The highest BCUT2D eigenvalue weighted by Gasteiger charge is 2.39. The van der Waals surface area contributed by atoms with Crippen LogP contribution in [0.5, 0.6) is 0 Å². The van der Waals surface area contributed by atoms with Crippen molar-refractivity contribution in [3.8, 4) is 0 Å². The molecule has 1 saturated heterocycles. The van der Waals surface area contributed by atoms with Crippen LogP contribution in [0.1, 0.15) is 24.5 Å². The maximum absolute atomic E-state index is 12.3. The van der Waals surface area contributed by atoms with Crippen molar-refractivity contribution in [3.05, 3.63) is 29.8 Å². The van der Waals surface area contributed by atoms with Crippen LogP contribution in [0, 0.1) is 0 Å². The molecule has 0 aromatic heterocycles. The molecule has 5 heteroatoms. The van der Waals surface area contributed by atoms with E-state index in [-0.39, 0.29) is 5.56 Å². The van der Waals surface area contributed by atoms with Crippen molar-refractivity contribution in [1.29, 1.82) is 0 Å². The van der Waals surface area contributed by atoms with Crippen LogP contribution in [-0.2, 0) is 0 Å². The smallest absolute Gasteiger partial charge is 0.379 e. The van der Waals surface area contributed by atoms with Crippen LogP contribution in [0.25, 0.3) is 0 Å². The van der Waals surface area contributed by atoms with Gasteiger partial charge < -0.3 is 10.0 Å². The van der Waals surface area contributed by atoms with E-state index in [1.165, 1.54) is 12.1 Å². The van der Waals surface area contributed by atoms with E-state index in [4.69, 9.17) is 5.11 Å². The van der Waals surface area contributed by atoms with Gasteiger partial charge in [-0.1, -0.05) is 12.1 Å². The average Bonchev–Trinajstić information content (AvgIpc) is 2.80. The molecule has 2 nitrogen and oxygen atoms in total. The molecule has 1 heterocycles. The van der Waals surface area contributed by atoms with Crippen LogP contribution in [0.2, 0.25) is 0 Å². The van der Waals surface area contributed by atoms with Gasteiger partial charge in [0.2, 0.25) is 0 Å². The van der Waals surface area contributed by atoms with Crippen LogP contribution >= 0.6 is 0 Å². The van der Waals surface area contributed by atoms with E-state index in [1.807, 2.05) is 0 Å². The van der Waals surface area contributed by atoms with Crippen molar-refractivity contribution < 1.29 is 18.3 Å². The van der Waals surface area contributed by atoms with Gasteiger partial charge in [-0.05, 0) is 30.5 Å². The second-order valence-corrected chi connectivity index (χ2v) is 4.23. The molecule has 0 radical (unpaired) electrons. The quantitative estimate of drug-likeness (QED) is 0.866. The standard InChI is InChI=1S/C12H14F3NO/c13-12(14,15)11(17)9-3-5-10(6-4-9)16-7-1-2-8-16/h3-6,11,17H,1-2,7-8H2. The van der Waals surface area contributed by atoms with Crippen molar-refractivity contribution in [2.24, 2.45) is 0 Å². The fourth-order valence-corrected chi connectivity index (χ4v) is 2.03. The lowest BCUT2D eigenvalue weighted by molar-refractivity contribution is -0.206. The van der Waals surface area contributed by atoms with Crippen molar-refractivity contribution in [2.75, 3.05) is 18.0 Å². The number of hydrogen-bond acceptors (Lipinski definition) is 2. The van der Waals surface area contributed by atoms with Crippen molar-refractivity contribution in [1.82, 2.24) is 0 Å². The molecule has 0 spiro atoms. The Labute approximate surface area is 97.7 Å². The van der Waals surface area contributed by atoms with Crippen LogP contribution in [-0.4, -0.2) is 24.4 Å². The largest absolute Gasteiger partial charge is 0.418 e. The second-order valence-electron chi connectivity index (χ2n) is 4.23. The van der Waals surface area contributed by atoms with E-state index in [9.17, 15) is 13.2 Å². The zero-order valence-electron chi connectivity index (χ0n) is 9.24. The molecule has 0 bridgehead atoms. The molecule has 94 valence electrons. The number of aliphatic hydroxyl groups excluding tert-OH is 1. The molecular weight excluding hydrogens is 231 g/mol. The zero-order chi connectivity index (χ0) is 12.5. The third kappa shape index (κ3) is 2.72. The summed E-state index contributed by atoms with van der Waals surface area (Å²) in [6.45, 7) is 1.89. The summed E-state index contributed by atoms with van der Waals surface area (Å²) in [4.78, 5) is 2.13. The topological polar surface area (TPSA) is 23.5 Å². The Morgan fingerprint density at radius 2 is 1.59 bits per heavy atom. The molecular formula is C12H14F3NO. The first kappa shape index (κ1) is 12.2. The summed E-state index contributed by atoms with van der Waals surface area (Å²) in [5.74, 6) is 0. The Bertz CT molecular complexity index is 368. The fourth-order valence-electron chi connectivity index (χ4n) is 2.03. The Hall–Kier alpha value is -1.23. The molecule has 17 heavy (non-hydrogen) atoms. The third-order valence-electron chi connectivity index (χ3n) is 2.99. The predicted molar refractivity (Wildman–Crippen MR) is 58.9 cm³/mol. The van der Waals surface area contributed by atoms with Gasteiger partial charge in [-0.2, -0.15) is 13.2 Å². The Kier molecular flexibility index (Phi) is 3.28. The molecule has 1 fully saturated rings. The highest BCUT2D eigenvalue weighted by molar-refractivity contribution is 5.48. The third-order valence-corrected chi connectivity index (χ3v) is 2.99. The lowest BCUT2D eigenvalue weighted by Crippen LogP contribution is -2.21. The summed E-state index contributed by atoms with van der Waals surface area (Å²) in [5.41, 5.74) is 0.807. The van der Waals surface area contributed by atoms with Gasteiger partial charge in [-0.15, -0.1) is 0 Å². The Balaban J connectivity index is 2.12. The first-order valence-electron chi connectivity index (χ1n) is 5.58. The zero-order valence-corrected chi connectivity index (χ0v) is 9.24. The molecule has 1 aliphatic heterocycles. The summed E-state index contributed by atoms with van der Waals surface area (Å²) in [6.07, 6.45) is -4.76. The molecule has 1 aromatic carbocycles. The van der Waals surface area contributed by atoms with E-state index in [1.54, 1.807) is 12.1 Å². The summed E-state index contributed by atoms with van der Waals surface area (Å²) in [5, 5.41) is 9.07. The van der Waals surface area contributed by atoms with Gasteiger partial charge in [0, 0.05) is 18.8 Å². The Morgan fingerprint density at radius 1 is 1.06 bits per heavy atom. The van der Waals surface area contributed by atoms with Gasteiger partial charge in [-0.25, -0.2) is 0 Å². The molecule has 0 amide bonds. The minimum Gasteiger partial charge on any atom is -0.379 e. The fraction of sp³-hybridized carbons (Fsp3) is 0.500. The van der Waals surface area contributed by atoms with Crippen LogP contribution in [0.3, 0.4) is 0 Å². The van der Waals surface area contributed by atoms with E-state index < -0.39 is 12.3 Å². The number of benzene rings is 1. The van der Waals surface area contributed by atoms with Crippen LogP contribution < -0.4 is 4.90 Å².